The molecule has 54 heavy (non-hydrogen) atoms. The molecule has 1 radical (unpaired) electrons. The van der Waals surface area contributed by atoms with E-state index in [4.69, 9.17) is 4.98 Å². The first-order valence-corrected chi connectivity index (χ1v) is 22.4. The Balaban J connectivity index is 0.000000281. The molecule has 0 spiro atoms. The van der Waals surface area contributed by atoms with E-state index in [9.17, 15) is 9.90 Å². The molecule has 3 aromatic heterocycles. The minimum Gasteiger partial charge on any atom is 0 e. The van der Waals surface area contributed by atoms with Crippen LogP contribution >= 0.6 is 11.3 Å². The van der Waals surface area contributed by atoms with Crippen molar-refractivity contribution in [2.24, 2.45) is 40.9 Å². The summed E-state index contributed by atoms with van der Waals surface area (Å²) in [5.41, 5.74) is 6.64. The van der Waals surface area contributed by atoms with Gasteiger partial charge in [0.2, 0.25) is 0 Å². The summed E-state index contributed by atoms with van der Waals surface area (Å²) < 4.78 is 4.28. The molecular weight excluding hydrogens is 974 g/mol. The maximum Gasteiger partial charge on any atom is 0 e. The first-order chi connectivity index (χ1) is 25.0. The number of aliphatic hydroxyl groups excluding tert-OH is 1. The second-order valence-electron chi connectivity index (χ2n) is 17.2. The van der Waals surface area contributed by atoms with Gasteiger partial charge in [-0.15, -0.1) is 0 Å². The van der Waals surface area contributed by atoms with Gasteiger partial charge in [-0.1, -0.05) is 76.2 Å². The SMILES string of the molecule is CC(C)C(C(=O)/C=C(\O)C(C(C)C)C(C)C)C(C)C.Cc1c(-c2ccc(CC(C)(C)C)cc2)sc2c(-c3[c-]ccc4c3[te]c3ccccc34)nccc12.[Ir]. The molecule has 1 N–H and O–H groups in total. The van der Waals surface area contributed by atoms with E-state index >= 15 is 0 Å². The Morgan fingerprint density at radius 1 is 0.833 bits per heavy atom. The van der Waals surface area contributed by atoms with Gasteiger partial charge in [-0.3, -0.25) is 4.79 Å². The van der Waals surface area contributed by atoms with Crippen molar-refractivity contribution in [2.75, 3.05) is 0 Å². The quantitative estimate of drug-likeness (QED) is 0.0644. The van der Waals surface area contributed by atoms with Crippen molar-refractivity contribution in [1.82, 2.24) is 4.98 Å². The summed E-state index contributed by atoms with van der Waals surface area (Å²) in [6.07, 6.45) is 4.55. The van der Waals surface area contributed by atoms with E-state index < -0.39 is 20.4 Å². The Hall–Kier alpha value is -2.58. The molecule has 6 heteroatoms. The molecule has 3 heterocycles. The third kappa shape index (κ3) is 10.0. The number of fused-ring (bicyclic) bond motifs is 4. The number of aromatic nitrogens is 1. The Morgan fingerprint density at radius 2 is 1.44 bits per heavy atom. The van der Waals surface area contributed by atoms with Crippen LogP contribution in [-0.2, 0) is 31.3 Å². The minimum absolute atomic E-state index is 0. The van der Waals surface area contributed by atoms with E-state index in [0.29, 0.717) is 29.1 Å². The summed E-state index contributed by atoms with van der Waals surface area (Å²) >= 11 is 1.44. The summed E-state index contributed by atoms with van der Waals surface area (Å²) in [5, 5.41) is 14.4. The Labute approximate surface area is 351 Å². The largest absolute Gasteiger partial charge is 0 e. The number of aliphatic hydroxyl groups is 1. The average Bonchev–Trinajstić information content (AvgIpc) is 3.61. The van der Waals surface area contributed by atoms with Crippen molar-refractivity contribution in [1.29, 1.82) is 0 Å². The fourth-order valence-electron chi connectivity index (χ4n) is 8.07. The predicted octanol–water partition coefficient (Wildman–Crippen LogP) is 13.5. The van der Waals surface area contributed by atoms with Crippen LogP contribution in [0.1, 0.15) is 87.3 Å². The third-order valence-electron chi connectivity index (χ3n) is 10.2. The molecule has 6 rings (SSSR count). The maximum absolute atomic E-state index is 12.3. The normalized spacial score (nSPS) is 12.5. The number of aryl methyl sites for hydroxylation is 1. The van der Waals surface area contributed by atoms with Gasteiger partial charge in [0, 0.05) is 38.0 Å². The van der Waals surface area contributed by atoms with Crippen LogP contribution in [0.2, 0.25) is 0 Å². The van der Waals surface area contributed by atoms with Crippen LogP contribution in [0.5, 0.6) is 0 Å². The van der Waals surface area contributed by atoms with Crippen molar-refractivity contribution < 1.29 is 30.0 Å². The van der Waals surface area contributed by atoms with Gasteiger partial charge in [-0.25, -0.2) is 0 Å². The molecule has 0 unspecified atom stereocenters. The topological polar surface area (TPSA) is 50.2 Å². The van der Waals surface area contributed by atoms with E-state index in [1.165, 1.54) is 60.9 Å². The zero-order valence-electron chi connectivity index (χ0n) is 34.1. The zero-order chi connectivity index (χ0) is 38.8. The molecule has 0 saturated carbocycles. The van der Waals surface area contributed by atoms with Crippen LogP contribution in [0, 0.1) is 53.9 Å². The van der Waals surface area contributed by atoms with Gasteiger partial charge < -0.3 is 5.11 Å². The average molecular weight is 1030 g/mol. The van der Waals surface area contributed by atoms with Gasteiger partial charge in [-0.05, 0) is 23.7 Å². The van der Waals surface area contributed by atoms with E-state index in [1.54, 1.807) is 0 Å². The molecule has 0 aliphatic heterocycles. The molecule has 0 amide bonds. The molecule has 0 aliphatic rings. The molecule has 289 valence electrons. The fourth-order valence-corrected chi connectivity index (χ4v) is 12.8. The number of rotatable bonds is 10. The van der Waals surface area contributed by atoms with Crippen molar-refractivity contribution in [2.45, 2.75) is 89.5 Å². The second-order valence-corrected chi connectivity index (χ2v) is 21.2. The first kappa shape index (κ1) is 44.1. The number of pyridine rings is 1. The molecule has 3 aromatic carbocycles. The van der Waals surface area contributed by atoms with Crippen LogP contribution in [0.3, 0.4) is 0 Å². The number of hydrogen-bond acceptors (Lipinski definition) is 4. The number of carbonyl (C=O) groups excluding carboxylic acids is 1. The number of allylic oxidation sites excluding steroid dienone is 2. The van der Waals surface area contributed by atoms with Gasteiger partial charge in [0.25, 0.3) is 0 Å². The van der Waals surface area contributed by atoms with Gasteiger partial charge >= 0.3 is 195 Å². The zero-order valence-corrected chi connectivity index (χ0v) is 39.7. The number of thiophene rings is 1. The molecule has 0 fully saturated rings. The maximum atomic E-state index is 12.3. The summed E-state index contributed by atoms with van der Waals surface area (Å²) in [5.74, 6) is 1.63. The smallest absolute Gasteiger partial charge is 0 e. The standard InChI is InChI=1S/C31H26NSTe.C17H32O2.Ir/c1-19-22-16-17-32-27(25-10-7-9-24-23-8-5-6-11-26(23)34-30(24)25)29(22)33-28(19)21-14-12-20(13-15-21)18-31(2,3)4;1-10(2)16(11(3)4)14(18)9-15(19)17(12(5)6)13(7)8;/h5-9,11-17H,18H2,1-4H3;9-13,16-18H,1-8H3;/q-1;;/b;14-9-;. The van der Waals surface area contributed by atoms with Crippen LogP contribution in [0.15, 0.2) is 84.8 Å². The summed E-state index contributed by atoms with van der Waals surface area (Å²) in [4.78, 5) is 18.6. The monoisotopic (exact) mass is 1040 g/mol. The van der Waals surface area contributed by atoms with Crippen molar-refractivity contribution in [3.8, 4) is 21.7 Å². The molecule has 0 saturated heterocycles. The van der Waals surface area contributed by atoms with Crippen LogP contribution < -0.4 is 0 Å². The number of ketones is 1. The Morgan fingerprint density at radius 3 is 2.04 bits per heavy atom. The van der Waals surface area contributed by atoms with Crippen LogP contribution in [0.25, 0.3) is 49.4 Å². The summed E-state index contributed by atoms with van der Waals surface area (Å²) in [6, 6.07) is 28.1. The van der Waals surface area contributed by atoms with Crippen molar-refractivity contribution >= 4 is 65.2 Å². The summed E-state index contributed by atoms with van der Waals surface area (Å²) in [6.45, 7) is 25.7. The van der Waals surface area contributed by atoms with Crippen molar-refractivity contribution in [3.05, 3.63) is 102 Å². The predicted molar refractivity (Wildman–Crippen MR) is 231 cm³/mol. The van der Waals surface area contributed by atoms with Gasteiger partial charge in [-0.2, -0.15) is 0 Å². The molecule has 3 nitrogen and oxygen atoms in total. The van der Waals surface area contributed by atoms with Gasteiger partial charge in [0.15, 0.2) is 5.78 Å². The van der Waals surface area contributed by atoms with Crippen LogP contribution in [0.4, 0.5) is 0 Å². The van der Waals surface area contributed by atoms with E-state index in [1.807, 2.05) is 17.5 Å². The molecular formula is C48H58IrNO2STe-. The Kier molecular flexibility index (Phi) is 15.2. The van der Waals surface area contributed by atoms with Crippen molar-refractivity contribution in [3.63, 3.8) is 0 Å². The third-order valence-corrected chi connectivity index (χ3v) is 15.0. The number of nitrogens with zero attached hydrogens (tertiary/aromatic N) is 1. The molecule has 0 aliphatic carbocycles. The fraction of sp³-hybridized carbons (Fsp3) is 0.417. The minimum atomic E-state index is -0.443. The summed E-state index contributed by atoms with van der Waals surface area (Å²) in [7, 11) is 0. The number of benzene rings is 3. The van der Waals surface area contributed by atoms with E-state index in [-0.39, 0.29) is 43.5 Å². The van der Waals surface area contributed by atoms with Crippen LogP contribution in [-0.4, -0.2) is 36.3 Å². The number of hydrogen-bond donors (Lipinski definition) is 1. The molecule has 0 atom stereocenters. The van der Waals surface area contributed by atoms with E-state index in [2.05, 4.69) is 156 Å². The van der Waals surface area contributed by atoms with Gasteiger partial charge in [0.1, 0.15) is 0 Å². The van der Waals surface area contributed by atoms with E-state index in [0.717, 1.165) is 12.1 Å². The second kappa shape index (κ2) is 18.6. The number of carbonyl (C=O) groups is 1. The molecule has 0 bridgehead atoms. The molecule has 6 aromatic rings. The van der Waals surface area contributed by atoms with Gasteiger partial charge in [0.05, 0.1) is 5.76 Å². The first-order valence-electron chi connectivity index (χ1n) is 19.2. The Bertz CT molecular complexity index is 2200.